The van der Waals surface area contributed by atoms with Crippen molar-refractivity contribution in [3.05, 3.63) is 186 Å². The first-order chi connectivity index (χ1) is 33.9. The molecule has 362 valence electrons. The van der Waals surface area contributed by atoms with Gasteiger partial charge >= 0.3 is 0 Å². The molecule has 0 amide bonds. The van der Waals surface area contributed by atoms with Crippen molar-refractivity contribution >= 4 is 79.2 Å². The molecule has 72 heavy (non-hydrogen) atoms. The second-order valence-corrected chi connectivity index (χ2v) is 25.9. The van der Waals surface area contributed by atoms with Gasteiger partial charge in [0.25, 0.3) is 6.71 Å². The zero-order valence-electron chi connectivity index (χ0n) is 45.4. The molecule has 0 N–H and O–H groups in total. The highest BCUT2D eigenvalue weighted by molar-refractivity contribution is 7.00. The highest BCUT2D eigenvalue weighted by atomic mass is 16.3. The van der Waals surface area contributed by atoms with Crippen LogP contribution < -0.4 is 26.2 Å². The normalized spacial score (nSPS) is 14.0. The topological polar surface area (TPSA) is 19.6 Å². The second kappa shape index (κ2) is 16.4. The van der Waals surface area contributed by atoms with Gasteiger partial charge in [-0.15, -0.1) is 0 Å². The molecule has 0 unspecified atom stereocenters. The van der Waals surface area contributed by atoms with Gasteiger partial charge in [0, 0.05) is 55.9 Å². The van der Waals surface area contributed by atoms with Gasteiger partial charge in [0.15, 0.2) is 0 Å². The fraction of sp³-hybridized carbons (Fsp3) is 0.294. The molecule has 3 heterocycles. The van der Waals surface area contributed by atoms with Crippen molar-refractivity contribution in [3.63, 3.8) is 0 Å². The van der Waals surface area contributed by atoms with E-state index in [1.165, 1.54) is 78.1 Å². The number of benzene rings is 8. The maximum absolute atomic E-state index is 7.15. The number of para-hydroxylation sites is 3. The van der Waals surface area contributed by atoms with Crippen LogP contribution in [0.15, 0.2) is 162 Å². The summed E-state index contributed by atoms with van der Waals surface area (Å²) >= 11 is 0. The number of fused-ring (bicyclic) bond motifs is 7. The SMILES string of the molecule is CC(C)(C)c1ccc(N2c3ccc(C(C)(C)C)cc3B3c4cc(C(C)(C)C)ccc4N(c4ccccc4-c4cccc5c4oc4c(C(C)(C)C)cccc45)c4cc(-c5cccc(C(C)(C)C)c5)cc2c43)cc1. The van der Waals surface area contributed by atoms with E-state index in [1.807, 2.05) is 0 Å². The molecule has 9 aromatic rings. The predicted octanol–water partition coefficient (Wildman–Crippen LogP) is 17.5. The van der Waals surface area contributed by atoms with Crippen LogP contribution in [0, 0.1) is 0 Å². The first kappa shape index (κ1) is 47.5. The van der Waals surface area contributed by atoms with Gasteiger partial charge in [0.05, 0.1) is 5.69 Å². The van der Waals surface area contributed by atoms with Gasteiger partial charge < -0.3 is 14.2 Å². The molecule has 3 nitrogen and oxygen atoms in total. The standard InChI is InChI=1S/C68H71BN2O/c1-64(2,3)44-29-33-48(34-30-44)70-57-35-31-46(66(7,8)9)40-54(57)69-55-41-47(67(10,11)12)32-36-58(55)71(60-39-43(38-59(70)61(60)69)42-21-18-22-45(37-42)65(4,5)6)56-28-17-16-23-49(56)50-24-19-25-51-52-26-20-27-53(68(13,14)15)63(52)72-62(50)51/h16-41H,1-15H3. The lowest BCUT2D eigenvalue weighted by molar-refractivity contribution is 0.573. The molecule has 0 fully saturated rings. The van der Waals surface area contributed by atoms with Gasteiger partial charge in [0.2, 0.25) is 0 Å². The average molecular weight is 943 g/mol. The summed E-state index contributed by atoms with van der Waals surface area (Å²) in [6.07, 6.45) is 0. The Labute approximate surface area is 430 Å². The van der Waals surface area contributed by atoms with Crippen LogP contribution >= 0.6 is 0 Å². The van der Waals surface area contributed by atoms with Crippen molar-refractivity contribution in [1.29, 1.82) is 0 Å². The lowest BCUT2D eigenvalue weighted by Gasteiger charge is -2.45. The minimum atomic E-state index is -0.0866. The summed E-state index contributed by atoms with van der Waals surface area (Å²) in [4.78, 5) is 5.18. The van der Waals surface area contributed by atoms with Crippen LogP contribution in [0.2, 0.25) is 0 Å². The Morgan fingerprint density at radius 1 is 0.347 bits per heavy atom. The molecule has 1 aromatic heterocycles. The predicted molar refractivity (Wildman–Crippen MR) is 312 cm³/mol. The number of furan rings is 1. The van der Waals surface area contributed by atoms with Crippen LogP contribution in [-0.2, 0) is 27.1 Å². The third-order valence-corrected chi connectivity index (χ3v) is 15.6. The molecule has 0 bridgehead atoms. The third-order valence-electron chi connectivity index (χ3n) is 15.6. The smallest absolute Gasteiger partial charge is 0.252 e. The molecule has 2 aliphatic rings. The minimum Gasteiger partial charge on any atom is -0.455 e. The summed E-state index contributed by atoms with van der Waals surface area (Å²) < 4.78 is 7.15. The third kappa shape index (κ3) is 7.88. The van der Waals surface area contributed by atoms with Gasteiger partial charge in [-0.1, -0.05) is 219 Å². The fourth-order valence-corrected chi connectivity index (χ4v) is 11.4. The highest BCUT2D eigenvalue weighted by Crippen LogP contribution is 2.50. The number of hydrogen-bond acceptors (Lipinski definition) is 3. The Morgan fingerprint density at radius 3 is 1.44 bits per heavy atom. The van der Waals surface area contributed by atoms with Crippen molar-refractivity contribution in [3.8, 4) is 22.3 Å². The number of nitrogens with zero attached hydrogens (tertiary/aromatic N) is 2. The van der Waals surface area contributed by atoms with Crippen molar-refractivity contribution in [2.75, 3.05) is 9.80 Å². The molecule has 0 aliphatic carbocycles. The van der Waals surface area contributed by atoms with Crippen LogP contribution in [-0.4, -0.2) is 6.71 Å². The monoisotopic (exact) mass is 943 g/mol. The van der Waals surface area contributed by atoms with E-state index in [0.29, 0.717) is 0 Å². The summed E-state index contributed by atoms with van der Waals surface area (Å²) in [7, 11) is 0. The molecule has 0 spiro atoms. The molecule has 11 rings (SSSR count). The summed E-state index contributed by atoms with van der Waals surface area (Å²) in [5.74, 6) is 0. The zero-order valence-corrected chi connectivity index (χ0v) is 45.4. The van der Waals surface area contributed by atoms with E-state index < -0.39 is 0 Å². The van der Waals surface area contributed by atoms with Crippen LogP contribution in [0.1, 0.15) is 132 Å². The van der Waals surface area contributed by atoms with Gasteiger partial charge in [-0.3, -0.25) is 0 Å². The summed E-state index contributed by atoms with van der Waals surface area (Å²) in [6, 6.07) is 60.6. The van der Waals surface area contributed by atoms with Crippen molar-refractivity contribution in [2.24, 2.45) is 0 Å². The second-order valence-electron chi connectivity index (χ2n) is 25.9. The van der Waals surface area contributed by atoms with Crippen LogP contribution in [0.4, 0.5) is 34.1 Å². The molecular weight excluding hydrogens is 872 g/mol. The largest absolute Gasteiger partial charge is 0.455 e. The summed E-state index contributed by atoms with van der Waals surface area (Å²) in [5, 5.41) is 2.29. The molecule has 0 saturated heterocycles. The number of anilines is 6. The Morgan fingerprint density at radius 2 is 0.847 bits per heavy atom. The van der Waals surface area contributed by atoms with Crippen LogP contribution in [0.5, 0.6) is 0 Å². The molecule has 0 radical (unpaired) electrons. The van der Waals surface area contributed by atoms with Gasteiger partial charge in [0.1, 0.15) is 11.2 Å². The maximum Gasteiger partial charge on any atom is 0.252 e. The van der Waals surface area contributed by atoms with Crippen molar-refractivity contribution < 1.29 is 4.42 Å². The summed E-state index contributed by atoms with van der Waals surface area (Å²) in [5.41, 5.74) is 23.8. The average Bonchev–Trinajstić information content (AvgIpc) is 3.71. The van der Waals surface area contributed by atoms with E-state index in [0.717, 1.165) is 44.4 Å². The highest BCUT2D eigenvalue weighted by Gasteiger charge is 2.45. The van der Waals surface area contributed by atoms with E-state index in [4.69, 9.17) is 4.42 Å². The van der Waals surface area contributed by atoms with Gasteiger partial charge in [-0.25, -0.2) is 0 Å². The quantitative estimate of drug-likeness (QED) is 0.164. The molecule has 0 saturated carbocycles. The zero-order chi connectivity index (χ0) is 51.0. The Balaban J connectivity index is 1.27. The van der Waals surface area contributed by atoms with Crippen LogP contribution in [0.25, 0.3) is 44.2 Å². The molecule has 0 atom stereocenters. The molecule has 4 heteroatoms. The van der Waals surface area contributed by atoms with Crippen molar-refractivity contribution in [2.45, 2.75) is 131 Å². The van der Waals surface area contributed by atoms with Crippen LogP contribution in [0.3, 0.4) is 0 Å². The Kier molecular flexibility index (Phi) is 10.8. The van der Waals surface area contributed by atoms with E-state index in [2.05, 4.69) is 271 Å². The fourth-order valence-electron chi connectivity index (χ4n) is 11.4. The van der Waals surface area contributed by atoms with Gasteiger partial charge in [-0.2, -0.15) is 0 Å². The lowest BCUT2D eigenvalue weighted by Crippen LogP contribution is -2.61. The van der Waals surface area contributed by atoms with E-state index in [9.17, 15) is 0 Å². The molecular formula is C68H71BN2O. The number of rotatable bonds is 4. The van der Waals surface area contributed by atoms with Crippen molar-refractivity contribution in [1.82, 2.24) is 0 Å². The van der Waals surface area contributed by atoms with E-state index in [1.54, 1.807) is 0 Å². The summed E-state index contributed by atoms with van der Waals surface area (Å²) in [6.45, 7) is 34.7. The van der Waals surface area contributed by atoms with E-state index in [-0.39, 0.29) is 33.8 Å². The van der Waals surface area contributed by atoms with Gasteiger partial charge in [-0.05, 0) is 119 Å². The molecule has 8 aromatic carbocycles. The molecule has 2 aliphatic heterocycles. The number of hydrogen-bond donors (Lipinski definition) is 0. The van der Waals surface area contributed by atoms with E-state index >= 15 is 0 Å². The first-order valence-electron chi connectivity index (χ1n) is 26.2. The Bertz CT molecular complexity index is 3610. The minimum absolute atomic E-state index is 0.0197. The maximum atomic E-state index is 7.15. The lowest BCUT2D eigenvalue weighted by atomic mass is 9.33. The Hall–Kier alpha value is -6.78. The first-order valence-corrected chi connectivity index (χ1v) is 26.2.